The highest BCUT2D eigenvalue weighted by molar-refractivity contribution is 9.10. The van der Waals surface area contributed by atoms with Crippen LogP contribution in [0.2, 0.25) is 0 Å². The van der Waals surface area contributed by atoms with Crippen LogP contribution in [0, 0.1) is 0 Å². The number of furan rings is 2. The summed E-state index contributed by atoms with van der Waals surface area (Å²) in [6.07, 6.45) is 3.66. The molecule has 1 aromatic carbocycles. The van der Waals surface area contributed by atoms with Crippen molar-refractivity contribution in [3.8, 4) is 0 Å². The lowest BCUT2D eigenvalue weighted by atomic mass is 10.0. The lowest BCUT2D eigenvalue weighted by Gasteiger charge is -2.18. The van der Waals surface area contributed by atoms with Crippen LogP contribution in [-0.2, 0) is 0 Å². The number of amides is 1. The third kappa shape index (κ3) is 2.69. The van der Waals surface area contributed by atoms with Crippen LogP contribution in [0.15, 0.2) is 79.5 Å². The van der Waals surface area contributed by atoms with E-state index in [0.29, 0.717) is 12.2 Å². The maximum absolute atomic E-state index is 12.7. The van der Waals surface area contributed by atoms with Gasteiger partial charge in [-0.25, -0.2) is 5.01 Å². The van der Waals surface area contributed by atoms with Crippen LogP contribution < -0.4 is 0 Å². The van der Waals surface area contributed by atoms with Crippen molar-refractivity contribution in [1.82, 2.24) is 5.01 Å². The van der Waals surface area contributed by atoms with Gasteiger partial charge in [-0.15, -0.1) is 0 Å². The fourth-order valence-corrected chi connectivity index (χ4v) is 2.99. The average molecular weight is 385 g/mol. The van der Waals surface area contributed by atoms with Crippen molar-refractivity contribution in [2.75, 3.05) is 0 Å². The molecule has 6 heteroatoms. The maximum atomic E-state index is 12.7. The molecule has 1 aliphatic heterocycles. The minimum absolute atomic E-state index is 0.257. The van der Waals surface area contributed by atoms with Crippen molar-refractivity contribution in [2.24, 2.45) is 5.10 Å². The molecule has 1 unspecified atom stereocenters. The maximum Gasteiger partial charge on any atom is 0.310 e. The van der Waals surface area contributed by atoms with Gasteiger partial charge >= 0.3 is 5.91 Å². The molecule has 3 heterocycles. The Bertz CT molecular complexity index is 868. The molecule has 1 aliphatic rings. The van der Waals surface area contributed by atoms with E-state index in [2.05, 4.69) is 21.0 Å². The minimum atomic E-state index is -0.284. The van der Waals surface area contributed by atoms with E-state index in [-0.39, 0.29) is 17.7 Å². The van der Waals surface area contributed by atoms with Gasteiger partial charge in [0.15, 0.2) is 5.76 Å². The van der Waals surface area contributed by atoms with Crippen molar-refractivity contribution < 1.29 is 13.6 Å². The lowest BCUT2D eigenvalue weighted by Crippen LogP contribution is -2.26. The van der Waals surface area contributed by atoms with E-state index in [1.807, 2.05) is 36.4 Å². The van der Waals surface area contributed by atoms with Crippen LogP contribution in [0.4, 0.5) is 0 Å². The van der Waals surface area contributed by atoms with Crippen molar-refractivity contribution in [3.05, 3.63) is 82.6 Å². The molecule has 5 nitrogen and oxygen atoms in total. The van der Waals surface area contributed by atoms with Gasteiger partial charge in [0.1, 0.15) is 11.8 Å². The van der Waals surface area contributed by atoms with Gasteiger partial charge in [-0.3, -0.25) is 4.79 Å². The third-order valence-corrected chi connectivity index (χ3v) is 4.43. The number of benzene rings is 1. The molecule has 0 saturated carbocycles. The van der Waals surface area contributed by atoms with Crippen LogP contribution in [0.5, 0.6) is 0 Å². The summed E-state index contributed by atoms with van der Waals surface area (Å²) in [6, 6.07) is 14.6. The first-order valence-electron chi connectivity index (χ1n) is 7.46. The molecule has 4 rings (SSSR count). The predicted octanol–water partition coefficient (Wildman–Crippen LogP) is 4.63. The Morgan fingerprint density at radius 2 is 1.83 bits per heavy atom. The van der Waals surface area contributed by atoms with Crippen molar-refractivity contribution in [3.63, 3.8) is 0 Å². The zero-order valence-electron chi connectivity index (χ0n) is 12.6. The highest BCUT2D eigenvalue weighted by atomic mass is 79.9. The Kier molecular flexibility index (Phi) is 3.82. The SMILES string of the molecule is O=C(c1ccco1)N1N=C(c2ccc(Br)cc2)CC1c1ccco1. The van der Waals surface area contributed by atoms with E-state index >= 15 is 0 Å². The highest BCUT2D eigenvalue weighted by Crippen LogP contribution is 2.34. The molecular formula is C18H13BrN2O3. The fraction of sp³-hybridized carbons (Fsp3) is 0.111. The van der Waals surface area contributed by atoms with Gasteiger partial charge in [-0.2, -0.15) is 5.10 Å². The van der Waals surface area contributed by atoms with Gasteiger partial charge in [-0.05, 0) is 42.0 Å². The fourth-order valence-electron chi connectivity index (χ4n) is 2.73. The van der Waals surface area contributed by atoms with E-state index in [0.717, 1.165) is 15.7 Å². The molecule has 120 valence electrons. The van der Waals surface area contributed by atoms with Gasteiger partial charge in [0.2, 0.25) is 0 Å². The first-order chi connectivity index (χ1) is 11.7. The van der Waals surface area contributed by atoms with Crippen LogP contribution >= 0.6 is 15.9 Å². The van der Waals surface area contributed by atoms with Crippen LogP contribution in [0.3, 0.4) is 0 Å². The molecule has 24 heavy (non-hydrogen) atoms. The van der Waals surface area contributed by atoms with Gasteiger partial charge < -0.3 is 8.83 Å². The zero-order chi connectivity index (χ0) is 16.5. The Morgan fingerprint density at radius 3 is 2.50 bits per heavy atom. The van der Waals surface area contributed by atoms with E-state index in [1.54, 1.807) is 18.4 Å². The standard InChI is InChI=1S/C18H13BrN2O3/c19-13-7-5-12(6-8-13)14-11-15(16-3-1-9-23-16)21(20-14)18(22)17-4-2-10-24-17/h1-10,15H,11H2. The number of halogens is 1. The normalized spacial score (nSPS) is 17.1. The molecule has 2 aromatic heterocycles. The molecule has 0 aliphatic carbocycles. The number of hydrazone groups is 1. The van der Waals surface area contributed by atoms with Crippen molar-refractivity contribution in [1.29, 1.82) is 0 Å². The average Bonchev–Trinajstić information content (AvgIpc) is 3.34. The van der Waals surface area contributed by atoms with Gasteiger partial charge in [0.05, 0.1) is 18.2 Å². The molecule has 0 fully saturated rings. The van der Waals surface area contributed by atoms with E-state index in [4.69, 9.17) is 8.83 Å². The molecule has 1 amide bonds. The molecule has 1 atom stereocenters. The number of nitrogens with zero attached hydrogens (tertiary/aromatic N) is 2. The summed E-state index contributed by atoms with van der Waals surface area (Å²) in [5, 5.41) is 5.99. The Hall–Kier alpha value is -2.60. The molecule has 0 bridgehead atoms. The Labute approximate surface area is 146 Å². The first kappa shape index (κ1) is 15.0. The van der Waals surface area contributed by atoms with Crippen LogP contribution in [-0.4, -0.2) is 16.6 Å². The summed E-state index contributed by atoms with van der Waals surface area (Å²) in [6.45, 7) is 0. The zero-order valence-corrected chi connectivity index (χ0v) is 14.1. The largest absolute Gasteiger partial charge is 0.467 e. The van der Waals surface area contributed by atoms with Crippen molar-refractivity contribution in [2.45, 2.75) is 12.5 Å². The van der Waals surface area contributed by atoms with Gasteiger partial charge in [0, 0.05) is 10.9 Å². The molecule has 0 spiro atoms. The number of hydrogen-bond donors (Lipinski definition) is 0. The summed E-state index contributed by atoms with van der Waals surface area (Å²) < 4.78 is 11.7. The van der Waals surface area contributed by atoms with Gasteiger partial charge in [-0.1, -0.05) is 28.1 Å². The molecule has 0 saturated heterocycles. The monoisotopic (exact) mass is 384 g/mol. The van der Waals surface area contributed by atoms with Crippen LogP contribution in [0.25, 0.3) is 0 Å². The second-order valence-corrected chi connectivity index (χ2v) is 6.33. The van der Waals surface area contributed by atoms with E-state index in [1.165, 1.54) is 11.3 Å². The second-order valence-electron chi connectivity index (χ2n) is 5.42. The molecule has 3 aromatic rings. The summed E-state index contributed by atoms with van der Waals surface area (Å²) in [5.74, 6) is 0.673. The second kappa shape index (κ2) is 6.13. The van der Waals surface area contributed by atoms with Crippen LogP contribution in [0.1, 0.15) is 34.3 Å². The number of carbonyl (C=O) groups is 1. The van der Waals surface area contributed by atoms with Gasteiger partial charge in [0.25, 0.3) is 0 Å². The number of carbonyl (C=O) groups excluding carboxylic acids is 1. The molecule has 0 radical (unpaired) electrons. The minimum Gasteiger partial charge on any atom is -0.467 e. The Morgan fingerprint density at radius 1 is 1.08 bits per heavy atom. The predicted molar refractivity (Wildman–Crippen MR) is 91.6 cm³/mol. The number of rotatable bonds is 3. The third-order valence-electron chi connectivity index (χ3n) is 3.90. The summed E-state index contributed by atoms with van der Waals surface area (Å²) in [7, 11) is 0. The molecular weight excluding hydrogens is 372 g/mol. The first-order valence-corrected chi connectivity index (χ1v) is 8.25. The topological polar surface area (TPSA) is 59.0 Å². The number of hydrogen-bond acceptors (Lipinski definition) is 4. The van der Waals surface area contributed by atoms with E-state index < -0.39 is 0 Å². The summed E-state index contributed by atoms with van der Waals surface area (Å²) >= 11 is 3.43. The smallest absolute Gasteiger partial charge is 0.310 e. The lowest BCUT2D eigenvalue weighted by molar-refractivity contribution is 0.0660. The molecule has 0 N–H and O–H groups in total. The quantitative estimate of drug-likeness (QED) is 0.661. The Balaban J connectivity index is 1.71. The van der Waals surface area contributed by atoms with Crippen molar-refractivity contribution >= 4 is 27.5 Å². The van der Waals surface area contributed by atoms with E-state index in [9.17, 15) is 4.79 Å². The summed E-state index contributed by atoms with van der Waals surface area (Å²) in [4.78, 5) is 12.7. The highest BCUT2D eigenvalue weighted by Gasteiger charge is 2.36. The summed E-state index contributed by atoms with van der Waals surface area (Å²) in [5.41, 5.74) is 1.81.